The maximum atomic E-state index is 9.57. The summed E-state index contributed by atoms with van der Waals surface area (Å²) in [5.74, 6) is 0. The average Bonchev–Trinajstić information content (AvgIpc) is 2.67. The van der Waals surface area contributed by atoms with Crippen LogP contribution in [0, 0.1) is 13.8 Å². The summed E-state index contributed by atoms with van der Waals surface area (Å²) < 4.78 is 0. The van der Waals surface area contributed by atoms with Crippen LogP contribution in [0.1, 0.15) is 40.7 Å². The molecule has 0 atom stereocenters. The standard InChI is InChI=1S/C24H26O/c1-19-14-15-23(18-20(19)2)24(16-9-17-25,21-10-5-3-6-11-21)22-12-7-4-8-13-22/h3-8,10-15,18,25H,9,16-17H2,1-2H3. The van der Waals surface area contributed by atoms with E-state index in [9.17, 15) is 5.11 Å². The van der Waals surface area contributed by atoms with E-state index in [1.54, 1.807) is 0 Å². The van der Waals surface area contributed by atoms with E-state index in [1.165, 1.54) is 27.8 Å². The lowest BCUT2D eigenvalue weighted by molar-refractivity contribution is 0.275. The number of hydrogen-bond acceptors (Lipinski definition) is 1. The van der Waals surface area contributed by atoms with Crippen LogP contribution in [0.3, 0.4) is 0 Å². The highest BCUT2D eigenvalue weighted by atomic mass is 16.2. The van der Waals surface area contributed by atoms with Crippen LogP contribution in [0.4, 0.5) is 0 Å². The van der Waals surface area contributed by atoms with E-state index < -0.39 is 0 Å². The fourth-order valence-corrected chi connectivity index (χ4v) is 3.73. The fourth-order valence-electron chi connectivity index (χ4n) is 3.73. The van der Waals surface area contributed by atoms with Crippen molar-refractivity contribution in [1.29, 1.82) is 0 Å². The predicted molar refractivity (Wildman–Crippen MR) is 105 cm³/mol. The lowest BCUT2D eigenvalue weighted by Crippen LogP contribution is -2.30. The first-order valence-corrected chi connectivity index (χ1v) is 8.98. The summed E-state index contributed by atoms with van der Waals surface area (Å²) in [4.78, 5) is 0. The highest BCUT2D eigenvalue weighted by Gasteiger charge is 2.35. The molecule has 0 aromatic heterocycles. The second kappa shape index (κ2) is 7.67. The summed E-state index contributed by atoms with van der Waals surface area (Å²) in [5, 5.41) is 9.57. The van der Waals surface area contributed by atoms with Crippen LogP contribution >= 0.6 is 0 Å². The molecule has 128 valence electrons. The van der Waals surface area contributed by atoms with Crippen molar-refractivity contribution in [2.45, 2.75) is 32.1 Å². The number of rotatable bonds is 6. The minimum absolute atomic E-state index is 0.201. The molecule has 0 unspecified atom stereocenters. The van der Waals surface area contributed by atoms with E-state index in [4.69, 9.17) is 0 Å². The predicted octanol–water partition coefficient (Wildman–Crippen LogP) is 5.41. The number of benzene rings is 3. The molecule has 3 rings (SSSR count). The molecule has 0 radical (unpaired) electrons. The Kier molecular flexibility index (Phi) is 5.35. The van der Waals surface area contributed by atoms with Gasteiger partial charge in [-0.15, -0.1) is 0 Å². The lowest BCUT2D eigenvalue weighted by Gasteiger charge is -2.36. The van der Waals surface area contributed by atoms with E-state index in [0.717, 1.165) is 12.8 Å². The highest BCUT2D eigenvalue weighted by molar-refractivity contribution is 5.51. The van der Waals surface area contributed by atoms with Gasteiger partial charge in [-0.3, -0.25) is 0 Å². The number of hydrogen-bond donors (Lipinski definition) is 1. The molecule has 1 heteroatoms. The molecule has 0 saturated heterocycles. The highest BCUT2D eigenvalue weighted by Crippen LogP contribution is 2.43. The third-order valence-electron chi connectivity index (χ3n) is 5.24. The monoisotopic (exact) mass is 330 g/mol. The third-order valence-corrected chi connectivity index (χ3v) is 5.24. The van der Waals surface area contributed by atoms with Gasteiger partial charge < -0.3 is 5.11 Å². The molecular weight excluding hydrogens is 304 g/mol. The van der Waals surface area contributed by atoms with Crippen molar-refractivity contribution in [3.63, 3.8) is 0 Å². The van der Waals surface area contributed by atoms with Crippen LogP contribution in [0.5, 0.6) is 0 Å². The number of aliphatic hydroxyl groups excluding tert-OH is 1. The summed E-state index contributed by atoms with van der Waals surface area (Å²) >= 11 is 0. The van der Waals surface area contributed by atoms with Gasteiger partial charge in [0.1, 0.15) is 0 Å². The molecule has 0 aliphatic carbocycles. The van der Waals surface area contributed by atoms with Gasteiger partial charge in [0.15, 0.2) is 0 Å². The van der Waals surface area contributed by atoms with Gasteiger partial charge in [0.05, 0.1) is 0 Å². The van der Waals surface area contributed by atoms with E-state index >= 15 is 0 Å². The Morgan fingerprint density at radius 1 is 0.680 bits per heavy atom. The molecule has 1 nitrogen and oxygen atoms in total. The molecule has 0 aliphatic rings. The second-order valence-electron chi connectivity index (χ2n) is 6.76. The van der Waals surface area contributed by atoms with Crippen molar-refractivity contribution in [2.24, 2.45) is 0 Å². The minimum Gasteiger partial charge on any atom is -0.396 e. The van der Waals surface area contributed by atoms with E-state index in [0.29, 0.717) is 0 Å². The molecule has 0 spiro atoms. The molecule has 0 bridgehead atoms. The molecule has 0 amide bonds. The Labute approximate surface area is 151 Å². The molecule has 0 heterocycles. The SMILES string of the molecule is Cc1ccc(C(CCCO)(c2ccccc2)c2ccccc2)cc1C. The van der Waals surface area contributed by atoms with Gasteiger partial charge in [-0.25, -0.2) is 0 Å². The third kappa shape index (κ3) is 3.38. The smallest absolute Gasteiger partial charge is 0.0452 e. The van der Waals surface area contributed by atoms with Crippen LogP contribution in [0.15, 0.2) is 78.9 Å². The Morgan fingerprint density at radius 2 is 1.24 bits per heavy atom. The van der Waals surface area contributed by atoms with Crippen molar-refractivity contribution in [3.05, 3.63) is 107 Å². The first-order chi connectivity index (χ1) is 12.2. The molecule has 3 aromatic carbocycles. The van der Waals surface area contributed by atoms with Crippen molar-refractivity contribution >= 4 is 0 Å². The normalized spacial score (nSPS) is 11.5. The maximum Gasteiger partial charge on any atom is 0.0452 e. The molecule has 1 N–H and O–H groups in total. The van der Waals surface area contributed by atoms with Crippen LogP contribution in [0.2, 0.25) is 0 Å². The number of aliphatic hydroxyl groups is 1. The van der Waals surface area contributed by atoms with Gasteiger partial charge in [0.2, 0.25) is 0 Å². The maximum absolute atomic E-state index is 9.57. The Balaban J connectivity index is 2.29. The van der Waals surface area contributed by atoms with Crippen LogP contribution < -0.4 is 0 Å². The molecule has 0 aliphatic heterocycles. The molecular formula is C24H26O. The molecule has 3 aromatic rings. The van der Waals surface area contributed by atoms with Crippen LogP contribution in [-0.2, 0) is 5.41 Å². The van der Waals surface area contributed by atoms with Gasteiger partial charge >= 0.3 is 0 Å². The Morgan fingerprint density at radius 3 is 1.72 bits per heavy atom. The topological polar surface area (TPSA) is 20.2 Å². The summed E-state index contributed by atoms with van der Waals surface area (Å²) in [7, 11) is 0. The van der Waals surface area contributed by atoms with E-state index in [-0.39, 0.29) is 12.0 Å². The summed E-state index contributed by atoms with van der Waals surface area (Å²) in [6.07, 6.45) is 1.64. The Bertz CT molecular complexity index is 767. The van der Waals surface area contributed by atoms with Gasteiger partial charge in [-0.2, -0.15) is 0 Å². The van der Waals surface area contributed by atoms with Crippen LogP contribution in [-0.4, -0.2) is 11.7 Å². The first kappa shape index (κ1) is 17.4. The first-order valence-electron chi connectivity index (χ1n) is 8.98. The molecule has 0 fully saturated rings. The fraction of sp³-hybridized carbons (Fsp3) is 0.250. The van der Waals surface area contributed by atoms with Crippen molar-refractivity contribution in [2.75, 3.05) is 6.61 Å². The van der Waals surface area contributed by atoms with Gasteiger partial charge in [-0.05, 0) is 54.5 Å². The van der Waals surface area contributed by atoms with Crippen LogP contribution in [0.25, 0.3) is 0 Å². The van der Waals surface area contributed by atoms with Crippen molar-refractivity contribution in [3.8, 4) is 0 Å². The lowest BCUT2D eigenvalue weighted by atomic mass is 9.66. The zero-order chi connectivity index (χ0) is 17.7. The summed E-state index contributed by atoms with van der Waals surface area (Å²) in [5.41, 5.74) is 6.21. The minimum atomic E-state index is -0.246. The van der Waals surface area contributed by atoms with Gasteiger partial charge in [0, 0.05) is 12.0 Å². The summed E-state index contributed by atoms with van der Waals surface area (Å²) in [6, 6.07) is 28.1. The molecule has 25 heavy (non-hydrogen) atoms. The second-order valence-corrected chi connectivity index (χ2v) is 6.76. The zero-order valence-electron chi connectivity index (χ0n) is 15.1. The quantitative estimate of drug-likeness (QED) is 0.599. The average molecular weight is 330 g/mol. The van der Waals surface area contributed by atoms with Gasteiger partial charge in [0.25, 0.3) is 0 Å². The van der Waals surface area contributed by atoms with Gasteiger partial charge in [-0.1, -0.05) is 78.9 Å². The summed E-state index contributed by atoms with van der Waals surface area (Å²) in [6.45, 7) is 4.53. The van der Waals surface area contributed by atoms with Crippen molar-refractivity contribution in [1.82, 2.24) is 0 Å². The molecule has 0 saturated carbocycles. The van der Waals surface area contributed by atoms with Crippen molar-refractivity contribution < 1.29 is 5.11 Å². The largest absolute Gasteiger partial charge is 0.396 e. The zero-order valence-corrected chi connectivity index (χ0v) is 15.1. The number of aryl methyl sites for hydroxylation is 2. The van der Waals surface area contributed by atoms with E-state index in [1.807, 2.05) is 0 Å². The Hall–Kier alpha value is -2.38. The van der Waals surface area contributed by atoms with E-state index in [2.05, 4.69) is 92.7 Å².